The normalized spacial score (nSPS) is 19.1. The Hall–Kier alpha value is -2.95. The van der Waals surface area contributed by atoms with Gasteiger partial charge in [-0.2, -0.15) is 0 Å². The lowest BCUT2D eigenvalue weighted by Gasteiger charge is -2.33. The fraction of sp³-hybridized carbons (Fsp3) is 0.304. The highest BCUT2D eigenvalue weighted by molar-refractivity contribution is 6.41. The number of para-hydroxylation sites is 1. The topological polar surface area (TPSA) is 40.6 Å². The zero-order chi connectivity index (χ0) is 19.7. The van der Waals surface area contributed by atoms with Crippen LogP contribution in [0.4, 0.5) is 10.1 Å². The molecule has 1 heterocycles. The lowest BCUT2D eigenvalue weighted by atomic mass is 9.92. The minimum absolute atomic E-state index is 0.0155. The second kappa shape index (κ2) is 7.58. The van der Waals surface area contributed by atoms with Crippen molar-refractivity contribution in [1.82, 2.24) is 4.90 Å². The number of benzene rings is 2. The highest BCUT2D eigenvalue weighted by atomic mass is 19.1. The third-order valence-electron chi connectivity index (χ3n) is 5.66. The zero-order valence-corrected chi connectivity index (χ0v) is 15.9. The Labute approximate surface area is 164 Å². The van der Waals surface area contributed by atoms with Crippen molar-refractivity contribution in [3.8, 4) is 0 Å². The molecule has 28 heavy (non-hydrogen) atoms. The molecule has 0 bridgehead atoms. The number of carbonyl (C=O) groups excluding carboxylic acids is 2. The van der Waals surface area contributed by atoms with Gasteiger partial charge in [0.2, 0.25) is 0 Å². The molecule has 1 saturated carbocycles. The van der Waals surface area contributed by atoms with Crippen molar-refractivity contribution in [3.05, 3.63) is 71.7 Å². The summed E-state index contributed by atoms with van der Waals surface area (Å²) in [5.41, 5.74) is 1.42. The van der Waals surface area contributed by atoms with Crippen molar-refractivity contribution in [2.45, 2.75) is 38.1 Å². The van der Waals surface area contributed by atoms with Crippen LogP contribution in [0.3, 0.4) is 0 Å². The first-order valence-corrected chi connectivity index (χ1v) is 9.74. The van der Waals surface area contributed by atoms with Gasteiger partial charge in [-0.3, -0.25) is 9.59 Å². The molecular weight excluding hydrogens is 355 g/mol. The van der Waals surface area contributed by atoms with E-state index in [0.29, 0.717) is 22.7 Å². The van der Waals surface area contributed by atoms with E-state index in [-0.39, 0.29) is 5.69 Å². The summed E-state index contributed by atoms with van der Waals surface area (Å²) in [7, 11) is 1.97. The van der Waals surface area contributed by atoms with Gasteiger partial charge in [0.15, 0.2) is 0 Å². The Morgan fingerprint density at radius 3 is 2.29 bits per heavy atom. The van der Waals surface area contributed by atoms with Gasteiger partial charge in [-0.15, -0.1) is 0 Å². The number of hydrogen-bond donors (Lipinski definition) is 0. The maximum Gasteiger partial charge on any atom is 0.267 e. The number of anilines is 1. The Bertz CT molecular complexity index is 947. The molecule has 0 aromatic heterocycles. The number of halogens is 1. The summed E-state index contributed by atoms with van der Waals surface area (Å²) in [6.07, 6.45) is 7.62. The lowest BCUT2D eigenvalue weighted by molar-refractivity contribution is -0.113. The smallest absolute Gasteiger partial charge is 0.267 e. The van der Waals surface area contributed by atoms with Gasteiger partial charge >= 0.3 is 0 Å². The molecule has 0 N–H and O–H groups in total. The lowest BCUT2D eigenvalue weighted by Crippen LogP contribution is -2.43. The van der Waals surface area contributed by atoms with Gasteiger partial charge < -0.3 is 4.90 Å². The van der Waals surface area contributed by atoms with Crippen molar-refractivity contribution in [1.29, 1.82) is 0 Å². The molecule has 2 aromatic rings. The molecule has 0 saturated heterocycles. The Balaban J connectivity index is 1.80. The van der Waals surface area contributed by atoms with Crippen LogP contribution in [0.15, 0.2) is 54.7 Å². The van der Waals surface area contributed by atoms with E-state index in [0.717, 1.165) is 17.7 Å². The SMILES string of the molecule is CN(C=C1C(=O)N(c2ccccc2F)C(=O)c2ccccc21)C1CCCCC1. The van der Waals surface area contributed by atoms with Crippen LogP contribution in [0, 0.1) is 5.82 Å². The van der Waals surface area contributed by atoms with E-state index in [1.807, 2.05) is 19.3 Å². The molecule has 0 unspecified atom stereocenters. The molecule has 0 spiro atoms. The first-order chi connectivity index (χ1) is 13.6. The van der Waals surface area contributed by atoms with Crippen LogP contribution in [0.5, 0.6) is 0 Å². The van der Waals surface area contributed by atoms with Gasteiger partial charge in [0.25, 0.3) is 11.8 Å². The van der Waals surface area contributed by atoms with Gasteiger partial charge in [0, 0.05) is 30.4 Å². The van der Waals surface area contributed by atoms with Crippen molar-refractivity contribution < 1.29 is 14.0 Å². The number of amides is 2. The molecule has 2 aromatic carbocycles. The minimum Gasteiger partial charge on any atom is -0.377 e. The summed E-state index contributed by atoms with van der Waals surface area (Å²) in [4.78, 5) is 29.4. The highest BCUT2D eigenvalue weighted by Gasteiger charge is 2.37. The number of carbonyl (C=O) groups is 2. The van der Waals surface area contributed by atoms with Gasteiger partial charge in [0.05, 0.1) is 11.3 Å². The van der Waals surface area contributed by atoms with E-state index in [9.17, 15) is 14.0 Å². The quantitative estimate of drug-likeness (QED) is 0.578. The van der Waals surface area contributed by atoms with Crippen LogP contribution < -0.4 is 4.90 Å². The van der Waals surface area contributed by atoms with E-state index in [1.165, 1.54) is 31.4 Å². The Morgan fingerprint density at radius 1 is 0.929 bits per heavy atom. The van der Waals surface area contributed by atoms with Gasteiger partial charge in [0.1, 0.15) is 5.82 Å². The third-order valence-corrected chi connectivity index (χ3v) is 5.66. The molecule has 4 rings (SSSR count). The molecule has 144 valence electrons. The second-order valence-electron chi connectivity index (χ2n) is 7.44. The highest BCUT2D eigenvalue weighted by Crippen LogP contribution is 2.34. The van der Waals surface area contributed by atoms with Gasteiger partial charge in [-0.05, 0) is 31.0 Å². The van der Waals surface area contributed by atoms with E-state index in [1.54, 1.807) is 30.3 Å². The molecule has 4 nitrogen and oxygen atoms in total. The summed E-state index contributed by atoms with van der Waals surface area (Å²) in [5.74, 6) is -1.58. The summed E-state index contributed by atoms with van der Waals surface area (Å²) in [6, 6.07) is 13.3. The first-order valence-electron chi connectivity index (χ1n) is 9.74. The maximum atomic E-state index is 14.4. The maximum absolute atomic E-state index is 14.4. The van der Waals surface area contributed by atoms with Crippen LogP contribution >= 0.6 is 0 Å². The number of fused-ring (bicyclic) bond motifs is 1. The number of nitrogens with zero attached hydrogens (tertiary/aromatic N) is 2. The van der Waals surface area contributed by atoms with Gasteiger partial charge in [-0.1, -0.05) is 49.6 Å². The molecular formula is C23H23FN2O2. The predicted octanol–water partition coefficient (Wildman–Crippen LogP) is 4.62. The number of imide groups is 1. The molecule has 0 radical (unpaired) electrons. The standard InChI is InChI=1S/C23H23FN2O2/c1-25(16-9-3-2-4-10-16)15-19-17-11-5-6-12-18(17)22(27)26(23(19)28)21-14-8-7-13-20(21)24/h5-8,11-16H,2-4,9-10H2,1H3. The number of rotatable bonds is 3. The third kappa shape index (κ3) is 3.21. The molecule has 2 amide bonds. The molecule has 2 aliphatic rings. The summed E-state index contributed by atoms with van der Waals surface area (Å²) >= 11 is 0. The molecule has 1 aliphatic carbocycles. The second-order valence-corrected chi connectivity index (χ2v) is 7.44. The Kier molecular flexibility index (Phi) is 4.99. The zero-order valence-electron chi connectivity index (χ0n) is 15.9. The van der Waals surface area contributed by atoms with Crippen LogP contribution in [-0.4, -0.2) is 29.8 Å². The molecule has 1 fully saturated rings. The monoisotopic (exact) mass is 378 g/mol. The molecule has 5 heteroatoms. The first kappa shape index (κ1) is 18.4. The van der Waals surface area contributed by atoms with Crippen molar-refractivity contribution >= 4 is 23.1 Å². The average molecular weight is 378 g/mol. The van der Waals surface area contributed by atoms with Gasteiger partial charge in [-0.25, -0.2) is 9.29 Å². The number of hydrogen-bond acceptors (Lipinski definition) is 3. The minimum atomic E-state index is -0.594. The van der Waals surface area contributed by atoms with Crippen molar-refractivity contribution in [3.63, 3.8) is 0 Å². The van der Waals surface area contributed by atoms with Crippen LogP contribution in [0.25, 0.3) is 5.57 Å². The predicted molar refractivity (Wildman–Crippen MR) is 107 cm³/mol. The average Bonchev–Trinajstić information content (AvgIpc) is 2.73. The summed E-state index contributed by atoms with van der Waals surface area (Å²) < 4.78 is 14.4. The molecule has 1 aliphatic heterocycles. The van der Waals surface area contributed by atoms with Crippen LogP contribution in [-0.2, 0) is 4.79 Å². The van der Waals surface area contributed by atoms with Crippen LogP contribution in [0.1, 0.15) is 48.0 Å². The van der Waals surface area contributed by atoms with E-state index in [2.05, 4.69) is 4.90 Å². The van der Waals surface area contributed by atoms with E-state index < -0.39 is 17.6 Å². The van der Waals surface area contributed by atoms with Crippen molar-refractivity contribution in [2.75, 3.05) is 11.9 Å². The van der Waals surface area contributed by atoms with E-state index in [4.69, 9.17) is 0 Å². The summed E-state index contributed by atoms with van der Waals surface area (Å²) in [6.45, 7) is 0. The fourth-order valence-electron chi connectivity index (χ4n) is 4.13. The van der Waals surface area contributed by atoms with E-state index >= 15 is 0 Å². The molecule has 0 atom stereocenters. The van der Waals surface area contributed by atoms with Crippen LogP contribution in [0.2, 0.25) is 0 Å². The largest absolute Gasteiger partial charge is 0.377 e. The van der Waals surface area contributed by atoms with Crippen molar-refractivity contribution in [2.24, 2.45) is 0 Å². The fourth-order valence-corrected chi connectivity index (χ4v) is 4.13. The Morgan fingerprint density at radius 2 is 1.57 bits per heavy atom. The summed E-state index contributed by atoms with van der Waals surface area (Å²) in [5, 5.41) is 0.